The van der Waals surface area contributed by atoms with E-state index in [-0.39, 0.29) is 0 Å². The molecular weight excluding hydrogens is 284 g/mol. The fraction of sp³-hybridized carbons (Fsp3) is 0.211. The fourth-order valence-electron chi connectivity index (χ4n) is 2.89. The number of pyridine rings is 1. The van der Waals surface area contributed by atoms with Crippen LogP contribution in [0.2, 0.25) is 0 Å². The van der Waals surface area contributed by atoms with Crippen molar-refractivity contribution in [2.24, 2.45) is 0 Å². The molecule has 4 heteroatoms. The van der Waals surface area contributed by atoms with Crippen molar-refractivity contribution in [3.05, 3.63) is 72.2 Å². The van der Waals surface area contributed by atoms with Gasteiger partial charge in [-0.2, -0.15) is 0 Å². The van der Waals surface area contributed by atoms with Crippen LogP contribution in [0.25, 0.3) is 11.4 Å². The van der Waals surface area contributed by atoms with Crippen LogP contribution in [-0.2, 0) is 0 Å². The smallest absolute Gasteiger partial charge is 0.161 e. The fourth-order valence-corrected chi connectivity index (χ4v) is 2.89. The average Bonchev–Trinajstić information content (AvgIpc) is 3.35. The van der Waals surface area contributed by atoms with Crippen LogP contribution in [0.1, 0.15) is 23.6 Å². The van der Waals surface area contributed by atoms with Gasteiger partial charge in [0.05, 0.1) is 0 Å². The van der Waals surface area contributed by atoms with Crippen molar-refractivity contribution in [1.29, 1.82) is 0 Å². The lowest BCUT2D eigenvalue weighted by Gasteiger charge is -2.08. The van der Waals surface area contributed by atoms with Crippen LogP contribution < -0.4 is 5.32 Å². The third-order valence-corrected chi connectivity index (χ3v) is 4.14. The van der Waals surface area contributed by atoms with E-state index in [1.165, 1.54) is 5.56 Å². The lowest BCUT2D eigenvalue weighted by molar-refractivity contribution is 1.01. The van der Waals surface area contributed by atoms with Gasteiger partial charge >= 0.3 is 0 Å². The van der Waals surface area contributed by atoms with Crippen LogP contribution in [0.5, 0.6) is 0 Å². The topological polar surface area (TPSA) is 50.7 Å². The molecule has 2 heterocycles. The van der Waals surface area contributed by atoms with E-state index >= 15 is 0 Å². The molecule has 0 bridgehead atoms. The summed E-state index contributed by atoms with van der Waals surface area (Å²) in [5.41, 5.74) is 3.35. The molecule has 2 atom stereocenters. The summed E-state index contributed by atoms with van der Waals surface area (Å²) in [7, 11) is 0. The molecular formula is C19H18N4. The number of rotatable bonds is 4. The first-order chi connectivity index (χ1) is 11.3. The van der Waals surface area contributed by atoms with Gasteiger partial charge in [0.1, 0.15) is 5.82 Å². The molecule has 0 spiro atoms. The summed E-state index contributed by atoms with van der Waals surface area (Å²) in [4.78, 5) is 13.2. The van der Waals surface area contributed by atoms with Crippen LogP contribution in [0.3, 0.4) is 0 Å². The minimum Gasteiger partial charge on any atom is -0.367 e. The Hall–Kier alpha value is -2.75. The molecule has 0 aliphatic heterocycles. The zero-order valence-corrected chi connectivity index (χ0v) is 13.0. The van der Waals surface area contributed by atoms with Gasteiger partial charge in [0, 0.05) is 41.7 Å². The highest BCUT2D eigenvalue weighted by molar-refractivity contribution is 5.57. The van der Waals surface area contributed by atoms with E-state index in [1.807, 2.05) is 25.1 Å². The first-order valence-electron chi connectivity index (χ1n) is 7.87. The molecule has 23 heavy (non-hydrogen) atoms. The van der Waals surface area contributed by atoms with E-state index in [4.69, 9.17) is 0 Å². The SMILES string of the molecule is Cc1cc(NC2CC2c2ccccc2)nc(-c2ccncc2)n1. The Morgan fingerprint density at radius 1 is 1.00 bits per heavy atom. The van der Waals surface area contributed by atoms with Crippen molar-refractivity contribution in [2.75, 3.05) is 5.32 Å². The number of aryl methyl sites for hydroxylation is 1. The van der Waals surface area contributed by atoms with Crippen LogP contribution in [0, 0.1) is 6.92 Å². The van der Waals surface area contributed by atoms with E-state index in [0.29, 0.717) is 12.0 Å². The first-order valence-corrected chi connectivity index (χ1v) is 7.87. The lowest BCUT2D eigenvalue weighted by Crippen LogP contribution is -2.07. The zero-order valence-electron chi connectivity index (χ0n) is 13.0. The summed E-state index contributed by atoms with van der Waals surface area (Å²) in [6, 6.07) is 17.0. The highest BCUT2D eigenvalue weighted by Crippen LogP contribution is 2.42. The third-order valence-electron chi connectivity index (χ3n) is 4.14. The third kappa shape index (κ3) is 3.06. The van der Waals surface area contributed by atoms with E-state index < -0.39 is 0 Å². The van der Waals surface area contributed by atoms with Crippen molar-refractivity contribution < 1.29 is 0 Å². The Morgan fingerprint density at radius 3 is 2.57 bits per heavy atom. The number of nitrogens with zero attached hydrogens (tertiary/aromatic N) is 3. The molecule has 4 nitrogen and oxygen atoms in total. The van der Waals surface area contributed by atoms with E-state index in [1.54, 1.807) is 12.4 Å². The average molecular weight is 302 g/mol. The number of hydrogen-bond donors (Lipinski definition) is 1. The Bertz CT molecular complexity index is 802. The molecule has 114 valence electrons. The number of anilines is 1. The van der Waals surface area contributed by atoms with Gasteiger partial charge in [0.25, 0.3) is 0 Å². The first kappa shape index (κ1) is 13.9. The quantitative estimate of drug-likeness (QED) is 0.796. The molecule has 0 saturated heterocycles. The summed E-state index contributed by atoms with van der Waals surface area (Å²) >= 11 is 0. The van der Waals surface area contributed by atoms with Crippen molar-refractivity contribution in [3.63, 3.8) is 0 Å². The minimum absolute atomic E-state index is 0.456. The van der Waals surface area contributed by atoms with Crippen LogP contribution >= 0.6 is 0 Å². The van der Waals surface area contributed by atoms with Crippen LogP contribution in [0.4, 0.5) is 5.82 Å². The molecule has 1 aliphatic rings. The van der Waals surface area contributed by atoms with E-state index in [0.717, 1.165) is 29.3 Å². The Morgan fingerprint density at radius 2 is 1.78 bits per heavy atom. The van der Waals surface area contributed by atoms with Crippen molar-refractivity contribution in [3.8, 4) is 11.4 Å². The standard InChI is InChI=1S/C19H18N4/c1-13-11-18(23-19(21-13)15-7-9-20-10-8-15)22-17-12-16(17)14-5-3-2-4-6-14/h2-11,16-17H,12H2,1H3,(H,21,22,23). The van der Waals surface area contributed by atoms with Gasteiger partial charge in [-0.05, 0) is 31.0 Å². The molecule has 2 aromatic heterocycles. The highest BCUT2D eigenvalue weighted by Gasteiger charge is 2.38. The molecule has 1 fully saturated rings. The normalized spacial score (nSPS) is 19.3. The maximum absolute atomic E-state index is 4.66. The van der Waals surface area contributed by atoms with Gasteiger partial charge in [-0.3, -0.25) is 4.98 Å². The van der Waals surface area contributed by atoms with E-state index in [9.17, 15) is 0 Å². The molecule has 1 aromatic carbocycles. The second kappa shape index (κ2) is 5.80. The number of benzene rings is 1. The van der Waals surface area contributed by atoms with Gasteiger partial charge < -0.3 is 5.32 Å². The number of nitrogens with one attached hydrogen (secondary N) is 1. The van der Waals surface area contributed by atoms with E-state index in [2.05, 4.69) is 50.6 Å². The van der Waals surface area contributed by atoms with Crippen molar-refractivity contribution in [1.82, 2.24) is 15.0 Å². The summed E-state index contributed by atoms with van der Waals surface area (Å²) in [6.07, 6.45) is 4.68. The van der Waals surface area contributed by atoms with Gasteiger partial charge in [-0.1, -0.05) is 30.3 Å². The molecule has 0 radical (unpaired) electrons. The van der Waals surface area contributed by atoms with Gasteiger partial charge in [-0.25, -0.2) is 9.97 Å². The summed E-state index contributed by atoms with van der Waals surface area (Å²) in [5, 5.41) is 3.55. The van der Waals surface area contributed by atoms with Crippen LogP contribution in [-0.4, -0.2) is 21.0 Å². The maximum Gasteiger partial charge on any atom is 0.161 e. The minimum atomic E-state index is 0.456. The molecule has 1 N–H and O–H groups in total. The molecule has 3 aromatic rings. The van der Waals surface area contributed by atoms with Crippen molar-refractivity contribution >= 4 is 5.82 Å². The summed E-state index contributed by atoms with van der Waals surface area (Å²) < 4.78 is 0. The number of hydrogen-bond acceptors (Lipinski definition) is 4. The summed E-state index contributed by atoms with van der Waals surface area (Å²) in [5.74, 6) is 2.22. The second-order valence-corrected chi connectivity index (χ2v) is 5.96. The van der Waals surface area contributed by atoms with Gasteiger partial charge in [0.15, 0.2) is 5.82 Å². The Balaban J connectivity index is 1.53. The zero-order chi connectivity index (χ0) is 15.6. The molecule has 1 aliphatic carbocycles. The van der Waals surface area contributed by atoms with Gasteiger partial charge in [0.2, 0.25) is 0 Å². The monoisotopic (exact) mass is 302 g/mol. The predicted molar refractivity (Wildman–Crippen MR) is 91.2 cm³/mol. The number of aromatic nitrogens is 3. The largest absolute Gasteiger partial charge is 0.367 e. The van der Waals surface area contributed by atoms with Gasteiger partial charge in [-0.15, -0.1) is 0 Å². The van der Waals surface area contributed by atoms with Crippen molar-refractivity contribution in [2.45, 2.75) is 25.3 Å². The second-order valence-electron chi connectivity index (χ2n) is 5.96. The lowest BCUT2D eigenvalue weighted by atomic mass is 10.1. The molecule has 4 rings (SSSR count). The summed E-state index contributed by atoms with van der Waals surface area (Å²) in [6.45, 7) is 2.00. The maximum atomic E-state index is 4.66. The molecule has 1 saturated carbocycles. The molecule has 0 amide bonds. The Kier molecular flexibility index (Phi) is 3.50. The predicted octanol–water partition coefficient (Wildman–Crippen LogP) is 3.82. The van der Waals surface area contributed by atoms with Crippen LogP contribution in [0.15, 0.2) is 60.9 Å². The highest BCUT2D eigenvalue weighted by atomic mass is 15.1. The molecule has 2 unspecified atom stereocenters. The Labute approximate surface area is 135 Å².